The summed E-state index contributed by atoms with van der Waals surface area (Å²) in [5, 5.41) is 2.78. The fourth-order valence-corrected chi connectivity index (χ4v) is 2.54. The molecule has 1 aliphatic heterocycles. The molecular formula is C19H20N2O4. The van der Waals surface area contributed by atoms with E-state index in [0.29, 0.717) is 19.7 Å². The molecular weight excluding hydrogens is 320 g/mol. The molecule has 0 radical (unpaired) electrons. The third-order valence-electron chi connectivity index (χ3n) is 3.81. The van der Waals surface area contributed by atoms with E-state index in [-0.39, 0.29) is 18.4 Å². The van der Waals surface area contributed by atoms with E-state index in [2.05, 4.69) is 5.32 Å². The Morgan fingerprint density at radius 2 is 1.80 bits per heavy atom. The molecule has 0 saturated carbocycles. The smallest absolute Gasteiger partial charge is 0.414 e. The zero-order valence-corrected chi connectivity index (χ0v) is 13.8. The van der Waals surface area contributed by atoms with Gasteiger partial charge in [-0.05, 0) is 24.3 Å². The molecule has 25 heavy (non-hydrogen) atoms. The van der Waals surface area contributed by atoms with Gasteiger partial charge in [0.1, 0.15) is 11.9 Å². The molecule has 130 valence electrons. The summed E-state index contributed by atoms with van der Waals surface area (Å²) in [4.78, 5) is 25.4. The highest BCUT2D eigenvalue weighted by Gasteiger charge is 2.32. The van der Waals surface area contributed by atoms with Gasteiger partial charge in [0.25, 0.3) is 0 Å². The molecule has 2 amide bonds. The van der Waals surface area contributed by atoms with Gasteiger partial charge in [-0.3, -0.25) is 9.69 Å². The fraction of sp³-hybridized carbons (Fsp3) is 0.263. The van der Waals surface area contributed by atoms with Crippen molar-refractivity contribution in [1.29, 1.82) is 0 Å². The van der Waals surface area contributed by atoms with E-state index in [1.807, 2.05) is 60.7 Å². The fourth-order valence-electron chi connectivity index (χ4n) is 2.54. The molecule has 6 heteroatoms. The van der Waals surface area contributed by atoms with Crippen LogP contribution in [0.5, 0.6) is 5.75 Å². The number of cyclic esters (lactones) is 1. The lowest BCUT2D eigenvalue weighted by atomic mass is 10.2. The zero-order valence-electron chi connectivity index (χ0n) is 13.8. The van der Waals surface area contributed by atoms with Gasteiger partial charge in [-0.25, -0.2) is 4.79 Å². The Morgan fingerprint density at radius 3 is 2.52 bits per heavy atom. The standard InChI is InChI=1S/C19H20N2O4/c22-18(11-12-24-16-9-5-2-6-10-16)20-13-17-14-21(19(23)25-17)15-7-3-1-4-8-15/h1-10,17H,11-14H2,(H,20,22). The summed E-state index contributed by atoms with van der Waals surface area (Å²) in [6.45, 7) is 1.01. The van der Waals surface area contributed by atoms with Crippen molar-refractivity contribution < 1.29 is 19.1 Å². The van der Waals surface area contributed by atoms with Gasteiger partial charge in [0.2, 0.25) is 5.91 Å². The molecule has 0 aliphatic carbocycles. The van der Waals surface area contributed by atoms with E-state index in [0.717, 1.165) is 11.4 Å². The highest BCUT2D eigenvalue weighted by molar-refractivity contribution is 5.89. The van der Waals surface area contributed by atoms with Crippen LogP contribution in [0, 0.1) is 0 Å². The molecule has 3 rings (SSSR count). The molecule has 1 heterocycles. The number of nitrogens with one attached hydrogen (secondary N) is 1. The molecule has 6 nitrogen and oxygen atoms in total. The second-order valence-electron chi connectivity index (χ2n) is 5.67. The van der Waals surface area contributed by atoms with E-state index in [9.17, 15) is 9.59 Å². The van der Waals surface area contributed by atoms with Crippen LogP contribution in [-0.4, -0.2) is 37.8 Å². The number of carbonyl (C=O) groups excluding carboxylic acids is 2. The summed E-state index contributed by atoms with van der Waals surface area (Å²) >= 11 is 0. The number of amides is 2. The monoisotopic (exact) mass is 340 g/mol. The van der Waals surface area contributed by atoms with Crippen LogP contribution in [0.1, 0.15) is 6.42 Å². The molecule has 1 N–H and O–H groups in total. The largest absolute Gasteiger partial charge is 0.493 e. The molecule has 0 bridgehead atoms. The summed E-state index contributed by atoms with van der Waals surface area (Å²) in [5.41, 5.74) is 0.789. The lowest BCUT2D eigenvalue weighted by molar-refractivity contribution is -0.121. The number of carbonyl (C=O) groups is 2. The highest BCUT2D eigenvalue weighted by atomic mass is 16.6. The first-order valence-electron chi connectivity index (χ1n) is 8.20. The molecule has 0 aromatic heterocycles. The molecule has 1 saturated heterocycles. The Balaban J connectivity index is 1.39. The van der Waals surface area contributed by atoms with Crippen molar-refractivity contribution in [3.63, 3.8) is 0 Å². The number of anilines is 1. The van der Waals surface area contributed by atoms with E-state index < -0.39 is 6.09 Å². The average Bonchev–Trinajstić information content (AvgIpc) is 3.02. The predicted molar refractivity (Wildman–Crippen MR) is 93.6 cm³/mol. The first-order chi connectivity index (χ1) is 12.2. The molecule has 1 atom stereocenters. The second-order valence-corrected chi connectivity index (χ2v) is 5.67. The number of nitrogens with zero attached hydrogens (tertiary/aromatic N) is 1. The van der Waals surface area contributed by atoms with Gasteiger partial charge in [0.15, 0.2) is 0 Å². The zero-order chi connectivity index (χ0) is 17.5. The van der Waals surface area contributed by atoms with Crippen LogP contribution in [0.3, 0.4) is 0 Å². The third-order valence-corrected chi connectivity index (χ3v) is 3.81. The van der Waals surface area contributed by atoms with E-state index in [4.69, 9.17) is 9.47 Å². The number of rotatable bonds is 7. The van der Waals surface area contributed by atoms with Crippen LogP contribution >= 0.6 is 0 Å². The van der Waals surface area contributed by atoms with E-state index >= 15 is 0 Å². The minimum absolute atomic E-state index is 0.134. The van der Waals surface area contributed by atoms with E-state index in [1.54, 1.807) is 4.90 Å². The molecule has 2 aromatic rings. The summed E-state index contributed by atoms with van der Waals surface area (Å²) in [7, 11) is 0. The Kier molecular flexibility index (Phi) is 5.51. The van der Waals surface area contributed by atoms with Crippen molar-refractivity contribution in [1.82, 2.24) is 5.32 Å². The van der Waals surface area contributed by atoms with Gasteiger partial charge in [0.05, 0.1) is 26.1 Å². The van der Waals surface area contributed by atoms with Crippen molar-refractivity contribution in [2.45, 2.75) is 12.5 Å². The van der Waals surface area contributed by atoms with Crippen LogP contribution in [0.15, 0.2) is 60.7 Å². The predicted octanol–water partition coefficient (Wildman–Crippen LogP) is 2.60. The molecule has 1 unspecified atom stereocenters. The lowest BCUT2D eigenvalue weighted by Crippen LogP contribution is -2.35. The number of hydrogen-bond donors (Lipinski definition) is 1. The third kappa shape index (κ3) is 4.73. The lowest BCUT2D eigenvalue weighted by Gasteiger charge is -2.12. The molecule has 2 aromatic carbocycles. The quantitative estimate of drug-likeness (QED) is 0.841. The van der Waals surface area contributed by atoms with Gasteiger partial charge in [-0.1, -0.05) is 36.4 Å². The Labute approximate surface area is 146 Å². The van der Waals surface area contributed by atoms with Crippen molar-refractivity contribution in [2.75, 3.05) is 24.6 Å². The number of para-hydroxylation sites is 2. The SMILES string of the molecule is O=C(CCOc1ccccc1)NCC1CN(c2ccccc2)C(=O)O1. The maximum Gasteiger partial charge on any atom is 0.414 e. The van der Waals surface area contributed by atoms with Crippen LogP contribution in [0.4, 0.5) is 10.5 Å². The summed E-state index contributed by atoms with van der Waals surface area (Å²) in [6.07, 6.45) is -0.498. The Hall–Kier alpha value is -3.02. The molecule has 1 fully saturated rings. The van der Waals surface area contributed by atoms with Gasteiger partial charge < -0.3 is 14.8 Å². The number of hydrogen-bond acceptors (Lipinski definition) is 4. The van der Waals surface area contributed by atoms with Crippen molar-refractivity contribution in [3.05, 3.63) is 60.7 Å². The average molecular weight is 340 g/mol. The van der Waals surface area contributed by atoms with Crippen molar-refractivity contribution in [2.24, 2.45) is 0 Å². The van der Waals surface area contributed by atoms with Gasteiger partial charge in [0, 0.05) is 5.69 Å². The maximum atomic E-state index is 11.9. The minimum Gasteiger partial charge on any atom is -0.493 e. The second kappa shape index (κ2) is 8.19. The van der Waals surface area contributed by atoms with Gasteiger partial charge >= 0.3 is 6.09 Å². The Morgan fingerprint density at radius 1 is 1.12 bits per heavy atom. The maximum absolute atomic E-state index is 11.9. The van der Waals surface area contributed by atoms with E-state index in [1.165, 1.54) is 0 Å². The summed E-state index contributed by atoms with van der Waals surface area (Å²) in [5.74, 6) is 0.601. The summed E-state index contributed by atoms with van der Waals surface area (Å²) < 4.78 is 10.8. The number of ether oxygens (including phenoxy) is 2. The minimum atomic E-state index is -0.391. The van der Waals surface area contributed by atoms with Crippen LogP contribution in [-0.2, 0) is 9.53 Å². The van der Waals surface area contributed by atoms with Crippen molar-refractivity contribution in [3.8, 4) is 5.75 Å². The molecule has 1 aliphatic rings. The number of benzene rings is 2. The Bertz CT molecular complexity index is 706. The van der Waals surface area contributed by atoms with Crippen LogP contribution in [0.25, 0.3) is 0 Å². The van der Waals surface area contributed by atoms with Gasteiger partial charge in [-0.2, -0.15) is 0 Å². The van der Waals surface area contributed by atoms with Crippen molar-refractivity contribution >= 4 is 17.7 Å². The van der Waals surface area contributed by atoms with Crippen LogP contribution in [0.2, 0.25) is 0 Å². The van der Waals surface area contributed by atoms with Gasteiger partial charge in [-0.15, -0.1) is 0 Å². The molecule has 0 spiro atoms. The first-order valence-corrected chi connectivity index (χ1v) is 8.20. The normalized spacial score (nSPS) is 16.4. The van der Waals surface area contributed by atoms with Crippen LogP contribution < -0.4 is 15.0 Å². The topological polar surface area (TPSA) is 67.9 Å². The summed E-state index contributed by atoms with van der Waals surface area (Å²) in [6, 6.07) is 18.7. The first kappa shape index (κ1) is 16.8. The highest BCUT2D eigenvalue weighted by Crippen LogP contribution is 2.20.